The van der Waals surface area contributed by atoms with Crippen molar-refractivity contribution < 1.29 is 28.6 Å². The Morgan fingerprint density at radius 1 is 0.426 bits per heavy atom. The Labute approximate surface area is 408 Å². The summed E-state index contributed by atoms with van der Waals surface area (Å²) in [7, 11) is 0. The SMILES string of the molecule is Cc1cc(O)c(C(=O)c2cc(-c3ccccc3)c3oc4cc(C)c(Cl)cc4c(=O)c3c2)cc1Cl.Cc1cc(O)c(C(=O)c2cc(-c3ccccc3)c3oc4cc(C)c(Cl)cc4c(=O)c3c2)cc1Cl. The summed E-state index contributed by atoms with van der Waals surface area (Å²) in [5.74, 6) is -1.28. The van der Waals surface area contributed by atoms with Crippen molar-refractivity contribution >= 4 is 102 Å². The molecule has 68 heavy (non-hydrogen) atoms. The molecule has 0 atom stereocenters. The predicted octanol–water partition coefficient (Wildman–Crippen LogP) is 14.9. The van der Waals surface area contributed by atoms with Crippen LogP contribution in [0.1, 0.15) is 54.1 Å². The van der Waals surface area contributed by atoms with Crippen molar-refractivity contribution in [3.63, 3.8) is 0 Å². The Morgan fingerprint density at radius 2 is 0.765 bits per heavy atom. The molecule has 2 aromatic heterocycles. The third-order valence-corrected chi connectivity index (χ3v) is 13.5. The smallest absolute Gasteiger partial charge is 0.200 e. The molecule has 0 unspecified atom stereocenters. The number of aryl methyl sites for hydroxylation is 4. The van der Waals surface area contributed by atoms with Gasteiger partial charge in [0.25, 0.3) is 0 Å². The lowest BCUT2D eigenvalue weighted by atomic mass is 9.94. The van der Waals surface area contributed by atoms with Crippen LogP contribution in [0.5, 0.6) is 11.5 Å². The van der Waals surface area contributed by atoms with Crippen LogP contribution in [-0.2, 0) is 0 Å². The molecule has 0 fully saturated rings. The number of ketones is 2. The molecular formula is C56H36Cl4O8. The van der Waals surface area contributed by atoms with Gasteiger partial charge in [0.15, 0.2) is 11.6 Å². The van der Waals surface area contributed by atoms with Crippen LogP contribution < -0.4 is 10.9 Å². The molecule has 2 heterocycles. The van der Waals surface area contributed by atoms with Crippen LogP contribution >= 0.6 is 46.4 Å². The number of hydrogen-bond acceptors (Lipinski definition) is 8. The van der Waals surface area contributed by atoms with Crippen molar-refractivity contribution in [1.29, 1.82) is 0 Å². The van der Waals surface area contributed by atoms with Gasteiger partial charge >= 0.3 is 0 Å². The predicted molar refractivity (Wildman–Crippen MR) is 273 cm³/mol. The molecule has 0 bridgehead atoms. The van der Waals surface area contributed by atoms with Crippen LogP contribution in [-0.4, -0.2) is 21.8 Å². The zero-order valence-corrected chi connectivity index (χ0v) is 39.6. The summed E-state index contributed by atoms with van der Waals surface area (Å²) in [5, 5.41) is 23.6. The average molecular weight is 979 g/mol. The normalized spacial score (nSPS) is 11.3. The fourth-order valence-electron chi connectivity index (χ4n) is 8.09. The van der Waals surface area contributed by atoms with Crippen LogP contribution in [0.25, 0.3) is 66.1 Å². The lowest BCUT2D eigenvalue weighted by molar-refractivity contribution is 0.102. The van der Waals surface area contributed by atoms with E-state index >= 15 is 0 Å². The van der Waals surface area contributed by atoms with Crippen molar-refractivity contribution in [3.8, 4) is 33.8 Å². The average Bonchev–Trinajstić information content (AvgIpc) is 3.33. The van der Waals surface area contributed by atoms with E-state index < -0.39 is 11.6 Å². The highest BCUT2D eigenvalue weighted by atomic mass is 35.5. The highest BCUT2D eigenvalue weighted by Crippen LogP contribution is 2.37. The molecule has 2 N–H and O–H groups in total. The molecule has 0 aliphatic carbocycles. The summed E-state index contributed by atoms with van der Waals surface area (Å²) in [6, 6.07) is 37.5. The number of aromatic hydroxyl groups is 2. The van der Waals surface area contributed by atoms with E-state index in [0.717, 1.165) is 22.3 Å². The first-order valence-corrected chi connectivity index (χ1v) is 22.6. The number of carbonyl (C=O) groups excluding carboxylic acids is 2. The van der Waals surface area contributed by atoms with E-state index in [1.165, 1.54) is 36.4 Å². The maximum atomic E-state index is 13.5. The fraction of sp³-hybridized carbons (Fsp3) is 0.0714. The number of halogens is 4. The molecule has 0 saturated carbocycles. The largest absolute Gasteiger partial charge is 0.507 e. The Balaban J connectivity index is 0.000000170. The molecule has 0 amide bonds. The van der Waals surface area contributed by atoms with Crippen LogP contribution in [0, 0.1) is 27.7 Å². The summed E-state index contributed by atoms with van der Waals surface area (Å²) in [4.78, 5) is 53.9. The molecular weight excluding hydrogens is 942 g/mol. The van der Waals surface area contributed by atoms with Gasteiger partial charge in [-0.25, -0.2) is 0 Å². The third kappa shape index (κ3) is 8.41. The molecule has 10 rings (SSSR count). The highest BCUT2D eigenvalue weighted by Gasteiger charge is 2.23. The van der Waals surface area contributed by atoms with Gasteiger partial charge in [0.1, 0.15) is 33.8 Å². The molecule has 10 aromatic rings. The number of rotatable bonds is 6. The summed E-state index contributed by atoms with van der Waals surface area (Å²) in [5.41, 5.74) is 7.16. The van der Waals surface area contributed by atoms with Crippen molar-refractivity contribution in [3.05, 3.63) is 219 Å². The van der Waals surface area contributed by atoms with Crippen LogP contribution in [0.2, 0.25) is 20.1 Å². The summed E-state index contributed by atoms with van der Waals surface area (Å²) in [6.45, 7) is 7.15. The second kappa shape index (κ2) is 18.1. The van der Waals surface area contributed by atoms with Gasteiger partial charge in [-0.3, -0.25) is 19.2 Å². The molecule has 0 spiro atoms. The van der Waals surface area contributed by atoms with Gasteiger partial charge in [0.2, 0.25) is 10.9 Å². The van der Waals surface area contributed by atoms with Crippen LogP contribution in [0.3, 0.4) is 0 Å². The zero-order chi connectivity index (χ0) is 48.3. The topological polar surface area (TPSA) is 135 Å². The van der Waals surface area contributed by atoms with Gasteiger partial charge in [-0.05, 0) is 134 Å². The third-order valence-electron chi connectivity index (χ3n) is 11.8. The van der Waals surface area contributed by atoms with E-state index in [4.69, 9.17) is 55.2 Å². The number of phenols is 2. The monoisotopic (exact) mass is 976 g/mol. The minimum Gasteiger partial charge on any atom is -0.507 e. The molecule has 12 heteroatoms. The van der Waals surface area contributed by atoms with Gasteiger partial charge in [0.05, 0.1) is 32.7 Å². The molecule has 8 nitrogen and oxygen atoms in total. The van der Waals surface area contributed by atoms with Gasteiger partial charge in [-0.2, -0.15) is 0 Å². The van der Waals surface area contributed by atoms with E-state index in [1.807, 2.05) is 74.5 Å². The molecule has 0 radical (unpaired) electrons. The quantitative estimate of drug-likeness (QED) is 0.124. The van der Waals surface area contributed by atoms with Crippen molar-refractivity contribution in [1.82, 2.24) is 0 Å². The molecule has 8 aromatic carbocycles. The lowest BCUT2D eigenvalue weighted by Crippen LogP contribution is -2.08. The number of fused-ring (bicyclic) bond motifs is 4. The van der Waals surface area contributed by atoms with E-state index in [9.17, 15) is 29.4 Å². The molecule has 0 aliphatic rings. The second-order valence-electron chi connectivity index (χ2n) is 16.5. The van der Waals surface area contributed by atoms with Gasteiger partial charge < -0.3 is 19.0 Å². The molecule has 0 saturated heterocycles. The van der Waals surface area contributed by atoms with E-state index in [0.29, 0.717) is 75.4 Å². The van der Waals surface area contributed by atoms with E-state index in [2.05, 4.69) is 0 Å². The first-order valence-electron chi connectivity index (χ1n) is 21.1. The Morgan fingerprint density at radius 3 is 1.13 bits per heavy atom. The van der Waals surface area contributed by atoms with E-state index in [-0.39, 0.29) is 55.4 Å². The standard InChI is InChI=1S/2C28H18Cl2O4/c2*1-14-8-24(31)19(12-22(14)29)26(32)17-10-18(16-6-4-3-5-7-16)28-21(11-17)27(33)20-13-23(30)15(2)9-25(20)34-28/h2*3-13,31H,1-2H3. The van der Waals surface area contributed by atoms with Crippen LogP contribution in [0.4, 0.5) is 0 Å². The summed E-state index contributed by atoms with van der Waals surface area (Å²) in [6.07, 6.45) is 0. The van der Waals surface area contributed by atoms with Gasteiger partial charge in [-0.15, -0.1) is 0 Å². The van der Waals surface area contributed by atoms with Crippen molar-refractivity contribution in [2.45, 2.75) is 27.7 Å². The number of hydrogen-bond donors (Lipinski definition) is 2. The Bertz CT molecular complexity index is 3620. The van der Waals surface area contributed by atoms with Gasteiger partial charge in [-0.1, -0.05) is 107 Å². The number of carbonyl (C=O) groups is 2. The maximum absolute atomic E-state index is 13.5. The van der Waals surface area contributed by atoms with E-state index in [1.54, 1.807) is 50.2 Å². The zero-order valence-electron chi connectivity index (χ0n) is 36.6. The summed E-state index contributed by atoms with van der Waals surface area (Å²) < 4.78 is 12.4. The molecule has 0 aliphatic heterocycles. The molecule has 336 valence electrons. The number of phenolic OH excluding ortho intramolecular Hbond substituents is 2. The Kier molecular flexibility index (Phi) is 12.2. The number of benzene rings is 8. The second-order valence-corrected chi connectivity index (χ2v) is 18.1. The first kappa shape index (κ1) is 45.9. The lowest BCUT2D eigenvalue weighted by Gasteiger charge is -2.12. The maximum Gasteiger partial charge on any atom is 0.200 e. The first-order chi connectivity index (χ1) is 32.5. The fourth-order valence-corrected chi connectivity index (χ4v) is 8.75. The van der Waals surface area contributed by atoms with Crippen LogP contribution in [0.15, 0.2) is 152 Å². The minimum absolute atomic E-state index is 0.0535. The van der Waals surface area contributed by atoms with Crippen molar-refractivity contribution in [2.75, 3.05) is 0 Å². The van der Waals surface area contributed by atoms with Crippen molar-refractivity contribution in [2.24, 2.45) is 0 Å². The minimum atomic E-state index is -0.458. The van der Waals surface area contributed by atoms with Gasteiger partial charge in [0, 0.05) is 42.3 Å². The Hall–Kier alpha value is -7.20. The summed E-state index contributed by atoms with van der Waals surface area (Å²) >= 11 is 25.0. The highest BCUT2D eigenvalue weighted by molar-refractivity contribution is 6.33.